The minimum absolute atomic E-state index is 0.0487. The molecule has 0 spiro atoms. The third-order valence-electron chi connectivity index (χ3n) is 2.56. The van der Waals surface area contributed by atoms with Crippen molar-refractivity contribution in [3.63, 3.8) is 0 Å². The van der Waals surface area contributed by atoms with Crippen molar-refractivity contribution in [2.75, 3.05) is 12.7 Å². The molecule has 0 aromatic carbocycles. The summed E-state index contributed by atoms with van der Waals surface area (Å²) in [4.78, 5) is 9.75. The third kappa shape index (κ3) is 3.21. The summed E-state index contributed by atoms with van der Waals surface area (Å²) in [6, 6.07) is 0. The van der Waals surface area contributed by atoms with Crippen LogP contribution in [0.2, 0.25) is 0 Å². The molecule has 0 saturated heterocycles. The average molecular weight is 219 g/mol. The molecule has 0 aliphatic heterocycles. The van der Waals surface area contributed by atoms with Crippen molar-refractivity contribution < 1.29 is 14.6 Å². The second-order valence-corrected chi connectivity index (χ2v) is 6.37. The summed E-state index contributed by atoms with van der Waals surface area (Å²) in [5, 5.41) is 9.25. The Labute approximate surface area is 84.3 Å². The smallest absolute Gasteiger partial charge is 0.206 e. The zero-order valence-electron chi connectivity index (χ0n) is 8.17. The summed E-state index contributed by atoms with van der Waals surface area (Å²) in [6.07, 6.45) is 5.28. The molecule has 1 aliphatic carbocycles. The van der Waals surface area contributed by atoms with Crippen LogP contribution in [0, 0.1) is 0 Å². The predicted molar refractivity (Wildman–Crippen MR) is 56.5 cm³/mol. The lowest BCUT2D eigenvalue weighted by Crippen LogP contribution is -2.26. The Balaban J connectivity index is 2.55. The van der Waals surface area contributed by atoms with E-state index >= 15 is 0 Å². The van der Waals surface area contributed by atoms with Gasteiger partial charge in [-0.25, -0.2) is 0 Å². The number of allylic oxidation sites excluding steroid dienone is 2. The van der Waals surface area contributed by atoms with Crippen LogP contribution in [-0.4, -0.2) is 34.5 Å². The van der Waals surface area contributed by atoms with Gasteiger partial charge >= 0.3 is 0 Å². The molecular formula is C9H18NO3P. The van der Waals surface area contributed by atoms with Crippen LogP contribution in [-0.2, 0) is 4.57 Å². The van der Waals surface area contributed by atoms with Crippen molar-refractivity contribution in [1.82, 2.24) is 0 Å². The summed E-state index contributed by atoms with van der Waals surface area (Å²) in [5.41, 5.74) is 5.03. The lowest BCUT2D eigenvalue weighted by Gasteiger charge is -2.25. The summed E-state index contributed by atoms with van der Waals surface area (Å²) < 4.78 is 11.8. The first-order valence-electron chi connectivity index (χ1n) is 4.91. The maximum atomic E-state index is 11.8. The van der Waals surface area contributed by atoms with Crippen molar-refractivity contribution in [2.45, 2.75) is 31.0 Å². The van der Waals surface area contributed by atoms with Crippen LogP contribution in [0.1, 0.15) is 19.3 Å². The Morgan fingerprint density at radius 3 is 2.79 bits per heavy atom. The van der Waals surface area contributed by atoms with Gasteiger partial charge in [0.15, 0.2) is 0 Å². The van der Waals surface area contributed by atoms with Gasteiger partial charge in [-0.3, -0.25) is 4.57 Å². The fourth-order valence-corrected chi connectivity index (χ4v) is 3.72. The lowest BCUT2D eigenvalue weighted by atomic mass is 10.1. The largest absolute Gasteiger partial charge is 0.391 e. The minimum atomic E-state index is -3.22. The molecule has 4 N–H and O–H groups in total. The fourth-order valence-electron chi connectivity index (χ4n) is 1.67. The van der Waals surface area contributed by atoms with Crippen LogP contribution < -0.4 is 5.73 Å². The molecule has 0 aromatic rings. The SMILES string of the molecule is NC[C@H](O)CP(=O)(O)C1CC=CCC1. The molecule has 0 amide bonds. The van der Waals surface area contributed by atoms with Crippen LogP contribution in [0.15, 0.2) is 12.2 Å². The molecule has 1 rings (SSSR count). The predicted octanol–water partition coefficient (Wildman–Crippen LogP) is 0.685. The molecule has 0 fully saturated rings. The summed E-state index contributed by atoms with van der Waals surface area (Å²) in [6.45, 7) is 0.0487. The highest BCUT2D eigenvalue weighted by Gasteiger charge is 2.32. The molecule has 0 aromatic heterocycles. The number of rotatable bonds is 4. The Morgan fingerprint density at radius 2 is 2.29 bits per heavy atom. The van der Waals surface area contributed by atoms with E-state index in [1.54, 1.807) is 0 Å². The molecule has 1 aliphatic rings. The highest BCUT2D eigenvalue weighted by molar-refractivity contribution is 7.58. The second-order valence-electron chi connectivity index (χ2n) is 3.77. The first-order chi connectivity index (χ1) is 6.56. The zero-order valence-corrected chi connectivity index (χ0v) is 9.07. The van der Waals surface area contributed by atoms with Crippen LogP contribution in [0.4, 0.5) is 0 Å². The highest BCUT2D eigenvalue weighted by atomic mass is 31.2. The Morgan fingerprint density at radius 1 is 1.57 bits per heavy atom. The Kier molecular flexibility index (Phi) is 4.32. The molecule has 0 heterocycles. The minimum Gasteiger partial charge on any atom is -0.391 e. The summed E-state index contributed by atoms with van der Waals surface area (Å²) in [5.74, 6) is 0. The Hall–Kier alpha value is -0.150. The van der Waals surface area contributed by atoms with Gasteiger partial charge in [0, 0.05) is 12.2 Å². The molecule has 5 heteroatoms. The zero-order chi connectivity index (χ0) is 10.6. The number of hydrogen-bond acceptors (Lipinski definition) is 3. The molecule has 0 bridgehead atoms. The quantitative estimate of drug-likeness (QED) is 0.479. The number of aliphatic hydroxyl groups is 1. The lowest BCUT2D eigenvalue weighted by molar-refractivity contribution is 0.201. The van der Waals surface area contributed by atoms with Gasteiger partial charge in [-0.15, -0.1) is 0 Å². The van der Waals surface area contributed by atoms with E-state index in [-0.39, 0.29) is 18.4 Å². The van der Waals surface area contributed by atoms with Gasteiger partial charge in [0.05, 0.1) is 12.3 Å². The molecule has 14 heavy (non-hydrogen) atoms. The number of aliphatic hydroxyl groups excluding tert-OH is 1. The van der Waals surface area contributed by atoms with Crippen LogP contribution >= 0.6 is 7.37 Å². The molecule has 0 saturated carbocycles. The first-order valence-corrected chi connectivity index (χ1v) is 6.82. The number of nitrogens with two attached hydrogens (primary N) is 1. The monoisotopic (exact) mass is 219 g/mol. The molecule has 3 atom stereocenters. The topological polar surface area (TPSA) is 83.5 Å². The molecule has 4 nitrogen and oxygen atoms in total. The fraction of sp³-hybridized carbons (Fsp3) is 0.778. The molecule has 2 unspecified atom stereocenters. The number of hydrogen-bond donors (Lipinski definition) is 3. The van der Waals surface area contributed by atoms with Gasteiger partial charge in [0.25, 0.3) is 0 Å². The van der Waals surface area contributed by atoms with Gasteiger partial charge in [-0.2, -0.15) is 0 Å². The molecule has 0 radical (unpaired) electrons. The van der Waals surface area contributed by atoms with Crippen LogP contribution in [0.25, 0.3) is 0 Å². The normalized spacial score (nSPS) is 28.4. The standard InChI is InChI=1S/C9H18NO3P/c10-6-8(11)7-14(12,13)9-4-2-1-3-5-9/h1-2,8-9,11H,3-7,10H2,(H,12,13)/t8-,9?/m0/s1. The van der Waals surface area contributed by atoms with E-state index in [4.69, 9.17) is 5.73 Å². The summed E-state index contributed by atoms with van der Waals surface area (Å²) in [7, 11) is -3.22. The van der Waals surface area contributed by atoms with E-state index in [0.29, 0.717) is 6.42 Å². The van der Waals surface area contributed by atoms with Crippen molar-refractivity contribution >= 4 is 7.37 Å². The van der Waals surface area contributed by atoms with Gasteiger partial charge in [0.2, 0.25) is 7.37 Å². The van der Waals surface area contributed by atoms with Gasteiger partial charge in [-0.1, -0.05) is 12.2 Å². The van der Waals surface area contributed by atoms with Gasteiger partial charge < -0.3 is 15.7 Å². The molecular weight excluding hydrogens is 201 g/mol. The third-order valence-corrected chi connectivity index (χ3v) is 5.11. The second kappa shape index (κ2) is 5.08. The van der Waals surface area contributed by atoms with E-state index in [0.717, 1.165) is 12.8 Å². The van der Waals surface area contributed by atoms with E-state index < -0.39 is 13.5 Å². The maximum Gasteiger partial charge on any atom is 0.206 e. The summed E-state index contributed by atoms with van der Waals surface area (Å²) >= 11 is 0. The van der Waals surface area contributed by atoms with Gasteiger partial charge in [0.1, 0.15) is 0 Å². The van der Waals surface area contributed by atoms with Crippen molar-refractivity contribution in [2.24, 2.45) is 5.73 Å². The highest BCUT2D eigenvalue weighted by Crippen LogP contribution is 2.51. The van der Waals surface area contributed by atoms with E-state index in [2.05, 4.69) is 0 Å². The van der Waals surface area contributed by atoms with Gasteiger partial charge in [-0.05, 0) is 19.3 Å². The van der Waals surface area contributed by atoms with Crippen molar-refractivity contribution in [3.05, 3.63) is 12.2 Å². The van der Waals surface area contributed by atoms with Crippen LogP contribution in [0.5, 0.6) is 0 Å². The maximum absolute atomic E-state index is 11.8. The van der Waals surface area contributed by atoms with Crippen molar-refractivity contribution in [3.8, 4) is 0 Å². The first kappa shape index (κ1) is 11.9. The van der Waals surface area contributed by atoms with Crippen LogP contribution in [0.3, 0.4) is 0 Å². The average Bonchev–Trinajstić information content (AvgIpc) is 2.18. The van der Waals surface area contributed by atoms with E-state index in [1.807, 2.05) is 12.2 Å². The van der Waals surface area contributed by atoms with Crippen molar-refractivity contribution in [1.29, 1.82) is 0 Å². The Bertz CT molecular complexity index is 254. The molecule has 82 valence electrons. The van der Waals surface area contributed by atoms with E-state index in [1.165, 1.54) is 0 Å². The van der Waals surface area contributed by atoms with E-state index in [9.17, 15) is 14.6 Å².